The Morgan fingerprint density at radius 1 is 0.294 bits per heavy atom. The predicted octanol–water partition coefficient (Wildman–Crippen LogP) is 8.95. The first-order chi connectivity index (χ1) is 68.8. The summed E-state index contributed by atoms with van der Waals surface area (Å²) in [5.41, 5.74) is 9.68. The zero-order chi connectivity index (χ0) is 104. The van der Waals surface area contributed by atoms with E-state index in [-0.39, 0.29) is 87.2 Å². The number of ether oxygens (including phenoxy) is 7. The van der Waals surface area contributed by atoms with Crippen molar-refractivity contribution >= 4 is 154 Å². The standard InChI is InChI=1S/C98H121Cl5N16O24/c1-4-5-6-7-14-39-81(120)112-78(43-49-107-96(134)141-58-67-31-17-22-36-72(67)101)90(127)118-84(61(2)137-54-63-25-10-8-11-26-63)92(129)117-79(44-50-108-97(135)142-59-68-32-18-23-37-73(68)102)89(126)114-75(40-46-104)87(124)115-76(41-47-105-94(132)139-56-65-29-15-20-34-70(65)99)86(123)111-52-82(121)110-53-83(122)113-77(42-48-106-95(133)140-57-66-30-16-21-35-71(66)100)88(125)116-80(45-51-109-98(136)143-60-69-33-19-24-38-74(69)103)91(128)119-85(93(130)131)62(3)138-55-64-27-12-9-13-28-64/h8-13,15-38,61-62,75-80,84-85H,4-7,14,39-60,104H2,1-3H3,(H,105,132)(H,106,133)(H,107,134)(H,108,135)(H,109,136)(H,110,121)(H,111,123)(H,112,120)(H,113,122)(H,114,126)(H,115,124)(H,116,125)(H,117,129)(H,118,127)(H,119,128)(H,130,131)/t61-,62-,75+,76+,77+,78+,79+,80+,84+,85+/m1/s1. The van der Waals surface area contributed by atoms with Crippen molar-refractivity contribution < 1.29 is 115 Å². The summed E-state index contributed by atoms with van der Waals surface area (Å²) in [6, 6.07) is 36.4. The summed E-state index contributed by atoms with van der Waals surface area (Å²) < 4.78 is 38.9. The number of amides is 15. The lowest BCUT2D eigenvalue weighted by Crippen LogP contribution is -2.62. The summed E-state index contributed by atoms with van der Waals surface area (Å²) >= 11 is 31.5. The number of carboxylic acid groups (broad SMARTS) is 1. The maximum atomic E-state index is 15.3. The van der Waals surface area contributed by atoms with Gasteiger partial charge in [0.05, 0.1) is 38.5 Å². The minimum absolute atomic E-state index is 0.0116. The van der Waals surface area contributed by atoms with Crippen molar-refractivity contribution in [1.82, 2.24) is 79.8 Å². The van der Waals surface area contributed by atoms with Crippen molar-refractivity contribution in [2.24, 2.45) is 5.73 Å². The van der Waals surface area contributed by atoms with E-state index in [0.717, 1.165) is 19.3 Å². The Morgan fingerprint density at radius 3 is 0.909 bits per heavy atom. The highest BCUT2D eigenvalue weighted by atomic mass is 35.5. The van der Waals surface area contributed by atoms with Gasteiger partial charge in [-0.1, -0.05) is 242 Å². The molecular formula is C98H121Cl5N16O24. The van der Waals surface area contributed by atoms with Crippen LogP contribution >= 0.6 is 58.0 Å². The van der Waals surface area contributed by atoms with E-state index in [9.17, 15) is 72.2 Å². The molecular weight excluding hydrogens is 1960 g/mol. The van der Waals surface area contributed by atoms with Gasteiger partial charge in [0.1, 0.15) is 75.3 Å². The molecule has 0 aliphatic rings. The molecule has 10 atom stereocenters. The van der Waals surface area contributed by atoms with E-state index in [1.165, 1.54) is 13.8 Å². The molecule has 0 bridgehead atoms. The van der Waals surface area contributed by atoms with Crippen LogP contribution < -0.4 is 85.5 Å². The molecule has 0 aliphatic carbocycles. The number of carbonyl (C=O) groups is 16. The van der Waals surface area contributed by atoms with E-state index in [0.29, 0.717) is 61.8 Å². The van der Waals surface area contributed by atoms with Crippen LogP contribution in [0.25, 0.3) is 0 Å². The van der Waals surface area contributed by atoms with Gasteiger partial charge in [-0.25, -0.2) is 28.8 Å². The van der Waals surface area contributed by atoms with E-state index in [1.807, 2.05) is 6.92 Å². The Bertz CT molecular complexity index is 5340. The summed E-state index contributed by atoms with van der Waals surface area (Å²) in [7, 11) is 0. The third-order valence-corrected chi connectivity index (χ3v) is 23.4. The lowest BCUT2D eigenvalue weighted by molar-refractivity contribution is -0.147. The van der Waals surface area contributed by atoms with E-state index < -0.39 is 227 Å². The molecule has 18 N–H and O–H groups in total. The maximum absolute atomic E-state index is 15.3. The van der Waals surface area contributed by atoms with Gasteiger partial charge in [0.25, 0.3) is 0 Å². The van der Waals surface area contributed by atoms with Gasteiger partial charge in [0.2, 0.25) is 59.1 Å². The van der Waals surface area contributed by atoms with Crippen LogP contribution in [0.5, 0.6) is 0 Å². The topological polar surface area (TPSA) is 564 Å². The number of unbranched alkanes of at least 4 members (excludes halogenated alkanes) is 4. The van der Waals surface area contributed by atoms with Crippen molar-refractivity contribution in [3.63, 3.8) is 0 Å². The van der Waals surface area contributed by atoms with Crippen molar-refractivity contribution in [3.8, 4) is 0 Å². The molecule has 7 aromatic rings. The lowest BCUT2D eigenvalue weighted by atomic mass is 10.1. The third-order valence-electron chi connectivity index (χ3n) is 21.6. The highest BCUT2D eigenvalue weighted by Crippen LogP contribution is 2.22. The molecule has 45 heteroatoms. The molecule has 772 valence electrons. The fraction of sp³-hybridized carbons (Fsp3) is 0.408. The normalized spacial score (nSPS) is 13.0. The minimum atomic E-state index is -1.77. The number of aliphatic carboxylic acids is 1. The first-order valence-corrected chi connectivity index (χ1v) is 48.1. The predicted molar refractivity (Wildman–Crippen MR) is 529 cm³/mol. The van der Waals surface area contributed by atoms with Crippen molar-refractivity contribution in [2.45, 2.75) is 205 Å². The Hall–Kier alpha value is -13.6. The van der Waals surface area contributed by atoms with Crippen LogP contribution in [0.4, 0.5) is 24.0 Å². The van der Waals surface area contributed by atoms with Crippen LogP contribution in [0, 0.1) is 0 Å². The Balaban J connectivity index is 1.12. The summed E-state index contributed by atoms with van der Waals surface area (Å²) in [5.74, 6) is -11.9. The molecule has 0 fully saturated rings. The molecule has 0 spiro atoms. The smallest absolute Gasteiger partial charge is 0.407 e. The second-order valence-corrected chi connectivity index (χ2v) is 34.5. The number of rotatable bonds is 61. The average Bonchev–Trinajstić information content (AvgIpc) is 0.844. The SMILES string of the molecule is CCCCCCCC(=O)N[C@@H](CCNC(=O)OCc1ccccc1Cl)C(=O)N[C@H](C(=O)N[C@@H](CCNC(=O)OCc1ccccc1Cl)C(=O)N[C@@H](CCN)C(=O)N[C@@H](CCNC(=O)OCc1ccccc1Cl)C(=O)NCC(=O)NCC(=O)N[C@@H](CCNC(=O)OCc1ccccc1Cl)C(=O)N[C@@H](CCNC(=O)OCc1ccccc1Cl)C(=O)N[C@H](C(=O)O)[C@@H](C)OCc1ccccc1)[C@@H](C)OCc1ccccc1. The molecule has 0 radical (unpaired) electrons. The lowest BCUT2D eigenvalue weighted by Gasteiger charge is -2.29. The van der Waals surface area contributed by atoms with Crippen LogP contribution in [0.3, 0.4) is 0 Å². The second-order valence-electron chi connectivity index (χ2n) is 32.5. The average molecular weight is 2080 g/mol. The molecule has 143 heavy (non-hydrogen) atoms. The van der Waals surface area contributed by atoms with Crippen LogP contribution in [-0.2, 0) is 132 Å². The number of nitrogens with one attached hydrogen (secondary N) is 15. The number of halogens is 5. The van der Waals surface area contributed by atoms with Gasteiger partial charge in [0, 0.05) is 92.1 Å². The van der Waals surface area contributed by atoms with Gasteiger partial charge in [-0.15, -0.1) is 0 Å². The quantitative estimate of drug-likeness (QED) is 0.0125. The largest absolute Gasteiger partial charge is 0.480 e. The van der Waals surface area contributed by atoms with Crippen LogP contribution in [0.15, 0.2) is 182 Å². The molecule has 0 heterocycles. The zero-order valence-corrected chi connectivity index (χ0v) is 82.8. The van der Waals surface area contributed by atoms with Gasteiger partial charge < -0.3 is 124 Å². The molecule has 0 aliphatic heterocycles. The first-order valence-electron chi connectivity index (χ1n) is 46.2. The van der Waals surface area contributed by atoms with Gasteiger partial charge >= 0.3 is 36.4 Å². The molecule has 0 aromatic heterocycles. The van der Waals surface area contributed by atoms with Gasteiger partial charge in [0.15, 0.2) is 6.04 Å². The number of benzene rings is 7. The number of alkyl carbamates (subject to hydrolysis) is 5. The summed E-state index contributed by atoms with van der Waals surface area (Å²) in [5, 5.41) is 49.4. The van der Waals surface area contributed by atoms with Crippen molar-refractivity contribution in [2.75, 3.05) is 52.4 Å². The third kappa shape index (κ3) is 44.6. The van der Waals surface area contributed by atoms with Gasteiger partial charge in [-0.3, -0.25) is 47.9 Å². The first kappa shape index (κ1) is 116. The molecule has 0 saturated heterocycles. The fourth-order valence-corrected chi connectivity index (χ4v) is 14.5. The molecule has 40 nitrogen and oxygen atoms in total. The Kier molecular flexibility index (Phi) is 52.7. The zero-order valence-electron chi connectivity index (χ0n) is 79.0. The number of carboxylic acids is 1. The summed E-state index contributed by atoms with van der Waals surface area (Å²) in [6.07, 6.45) is -6.04. The molecule has 15 amide bonds. The number of hydrogen-bond donors (Lipinski definition) is 17. The maximum Gasteiger partial charge on any atom is 0.407 e. The Morgan fingerprint density at radius 2 is 0.573 bits per heavy atom. The van der Waals surface area contributed by atoms with Crippen molar-refractivity contribution in [1.29, 1.82) is 0 Å². The van der Waals surface area contributed by atoms with Crippen LogP contribution in [-0.4, -0.2) is 214 Å². The molecule has 7 aromatic carbocycles. The monoisotopic (exact) mass is 2080 g/mol. The minimum Gasteiger partial charge on any atom is -0.480 e. The van der Waals surface area contributed by atoms with E-state index >= 15 is 9.59 Å². The van der Waals surface area contributed by atoms with E-state index in [4.69, 9.17) is 96.9 Å². The number of nitrogens with two attached hydrogens (primary N) is 1. The number of hydrogen-bond acceptors (Lipinski definition) is 24. The van der Waals surface area contributed by atoms with Crippen LogP contribution in [0.2, 0.25) is 25.1 Å². The van der Waals surface area contributed by atoms with Gasteiger partial charge in [-0.05, 0) is 107 Å². The Labute approximate surface area is 851 Å². The summed E-state index contributed by atoms with van der Waals surface area (Å²) in [6.45, 7) is -0.950. The second kappa shape index (κ2) is 64.7. The van der Waals surface area contributed by atoms with Crippen LogP contribution in [0.1, 0.15) is 137 Å². The molecule has 0 unspecified atom stereocenters. The number of carbonyl (C=O) groups excluding carboxylic acids is 15. The molecule has 7 rings (SSSR count). The molecule has 0 saturated carbocycles. The summed E-state index contributed by atoms with van der Waals surface area (Å²) in [4.78, 5) is 224. The fourth-order valence-electron chi connectivity index (χ4n) is 13.5. The van der Waals surface area contributed by atoms with Gasteiger partial charge in [-0.2, -0.15) is 0 Å². The van der Waals surface area contributed by atoms with E-state index in [2.05, 4.69) is 79.8 Å². The van der Waals surface area contributed by atoms with Crippen molar-refractivity contribution in [3.05, 3.63) is 246 Å². The van der Waals surface area contributed by atoms with E-state index in [1.54, 1.807) is 182 Å². The highest BCUT2D eigenvalue weighted by molar-refractivity contribution is 6.32. The highest BCUT2D eigenvalue weighted by Gasteiger charge is 2.38.